The molecule has 1 aliphatic carbocycles. The van der Waals surface area contributed by atoms with E-state index in [4.69, 9.17) is 0 Å². The largest absolute Gasteiger partial charge is 0.335 e. The summed E-state index contributed by atoms with van der Waals surface area (Å²) in [7, 11) is 0. The van der Waals surface area contributed by atoms with Crippen molar-refractivity contribution < 1.29 is 17.6 Å². The number of anilines is 15. The van der Waals surface area contributed by atoms with Crippen molar-refractivity contribution in [3.05, 3.63) is 338 Å². The standard InChI is InChI=1S/C78H52B2F4N6/c81-63-39-23-40-64(82)77(63)89-69-50-70-62(49-61(69)79-59-37-19-21-43-67(59)87(55-33-15-5-16-34-55)71-45-57(47-73(89)75(71)79)85(51-25-7-1-8-26-51)52-27-9-2-10-28-52)80-60-38-20-22-44-68(60)88(56-35-17-6-18-36-56)72-46-58(86(53-29-11-3-12-30-53)54-31-13-4-14-32-54)48-74(76(72)80)90(70)78-65(83)41-24-42-66(78)84/h1-50,71,75H. The predicted octanol–water partition coefficient (Wildman–Crippen LogP) is 17.1. The zero-order valence-electron chi connectivity index (χ0n) is 48.4. The molecule has 0 radical (unpaired) electrons. The molecule has 0 saturated carbocycles. The van der Waals surface area contributed by atoms with Gasteiger partial charge in [-0.2, -0.15) is 0 Å². The molecule has 12 aromatic carbocycles. The van der Waals surface area contributed by atoms with Crippen molar-refractivity contribution >= 4 is 126 Å². The number of fused-ring (bicyclic) bond motifs is 8. The van der Waals surface area contributed by atoms with Gasteiger partial charge in [-0.1, -0.05) is 175 Å². The number of para-hydroxylation sites is 10. The van der Waals surface area contributed by atoms with Crippen molar-refractivity contribution in [3.63, 3.8) is 0 Å². The minimum Gasteiger partial charge on any atom is -0.335 e. The summed E-state index contributed by atoms with van der Waals surface area (Å²) in [6.45, 7) is -0.974. The highest BCUT2D eigenvalue weighted by Gasteiger charge is 2.55. The van der Waals surface area contributed by atoms with Crippen LogP contribution in [0.2, 0.25) is 5.82 Å². The molecule has 0 amide bonds. The van der Waals surface area contributed by atoms with Gasteiger partial charge in [0.15, 0.2) is 0 Å². The van der Waals surface area contributed by atoms with E-state index in [1.165, 1.54) is 36.4 Å². The number of hydrogen-bond acceptors (Lipinski definition) is 6. The molecule has 5 aliphatic rings. The van der Waals surface area contributed by atoms with E-state index in [1.807, 2.05) is 121 Å². The summed E-state index contributed by atoms with van der Waals surface area (Å²) >= 11 is 0. The second-order valence-corrected chi connectivity index (χ2v) is 23.3. The van der Waals surface area contributed by atoms with Gasteiger partial charge in [0.25, 0.3) is 6.71 Å². The van der Waals surface area contributed by atoms with E-state index in [1.54, 1.807) is 9.80 Å². The molecule has 0 saturated heterocycles. The molecule has 0 aromatic heterocycles. The molecule has 0 spiro atoms. The van der Waals surface area contributed by atoms with Crippen molar-refractivity contribution in [2.45, 2.75) is 11.9 Å². The number of benzene rings is 12. The average molecular weight is 1170 g/mol. The van der Waals surface area contributed by atoms with Crippen LogP contribution >= 0.6 is 0 Å². The molecule has 2 atom stereocenters. The topological polar surface area (TPSA) is 19.4 Å². The lowest BCUT2D eigenvalue weighted by atomic mass is 9.27. The van der Waals surface area contributed by atoms with Crippen LogP contribution in [-0.2, 0) is 0 Å². The lowest BCUT2D eigenvalue weighted by Crippen LogP contribution is -2.66. The number of nitrogens with zero attached hydrogens (tertiary/aromatic N) is 6. The van der Waals surface area contributed by atoms with E-state index in [9.17, 15) is 0 Å². The highest BCUT2D eigenvalue weighted by atomic mass is 19.1. The monoisotopic (exact) mass is 1170 g/mol. The Hall–Kier alpha value is -11.2. The lowest BCUT2D eigenvalue weighted by Gasteiger charge is -2.54. The van der Waals surface area contributed by atoms with Crippen LogP contribution in [0.5, 0.6) is 0 Å². The summed E-state index contributed by atoms with van der Waals surface area (Å²) in [6, 6.07) is 93.8. The lowest BCUT2D eigenvalue weighted by molar-refractivity contribution is 0.581. The minimum atomic E-state index is -0.788. The van der Waals surface area contributed by atoms with Crippen molar-refractivity contribution in [3.8, 4) is 0 Å². The van der Waals surface area contributed by atoms with E-state index < -0.39 is 48.6 Å². The molecule has 2 unspecified atom stereocenters. The van der Waals surface area contributed by atoms with Crippen LogP contribution in [0.15, 0.2) is 315 Å². The summed E-state index contributed by atoms with van der Waals surface area (Å²) < 4.78 is 71.1. The molecule has 0 fully saturated rings. The molecule has 90 heavy (non-hydrogen) atoms. The van der Waals surface area contributed by atoms with Gasteiger partial charge < -0.3 is 29.4 Å². The van der Waals surface area contributed by atoms with Gasteiger partial charge in [0, 0.05) is 85.5 Å². The maximum atomic E-state index is 17.8. The van der Waals surface area contributed by atoms with Gasteiger partial charge in [-0.05, 0) is 156 Å². The summed E-state index contributed by atoms with van der Waals surface area (Å²) in [4.78, 5) is 12.5. The number of allylic oxidation sites excluding steroid dienone is 1. The minimum absolute atomic E-state index is 0.272. The zero-order chi connectivity index (χ0) is 60.1. The fourth-order valence-corrected chi connectivity index (χ4v) is 14.9. The number of hydrogen-bond donors (Lipinski definition) is 0. The Labute approximate surface area is 520 Å². The quantitative estimate of drug-likeness (QED) is 0.0997. The third kappa shape index (κ3) is 8.28. The van der Waals surface area contributed by atoms with Crippen molar-refractivity contribution in [1.82, 2.24) is 0 Å². The molecule has 4 heterocycles. The molecule has 6 nitrogen and oxygen atoms in total. The average Bonchev–Trinajstić information content (AvgIpc) is 0.726. The van der Waals surface area contributed by atoms with Gasteiger partial charge in [0.2, 0.25) is 6.71 Å². The second-order valence-electron chi connectivity index (χ2n) is 23.3. The first-order valence-electron chi connectivity index (χ1n) is 30.3. The van der Waals surface area contributed by atoms with Crippen LogP contribution in [0.25, 0.3) is 0 Å². The first kappa shape index (κ1) is 53.0. The van der Waals surface area contributed by atoms with E-state index in [0.29, 0.717) is 22.8 Å². The first-order valence-corrected chi connectivity index (χ1v) is 30.3. The molecular weight excluding hydrogens is 1120 g/mol. The third-order valence-corrected chi connectivity index (χ3v) is 18.4. The highest BCUT2D eigenvalue weighted by molar-refractivity contribution is 7.01. The Morgan fingerprint density at radius 2 is 0.767 bits per heavy atom. The van der Waals surface area contributed by atoms with Crippen LogP contribution in [0.4, 0.5) is 103 Å². The summed E-state index contributed by atoms with van der Waals surface area (Å²) in [5, 5.41) is 0. The van der Waals surface area contributed by atoms with Gasteiger partial charge >= 0.3 is 0 Å². The Bertz CT molecular complexity index is 4730. The van der Waals surface area contributed by atoms with Gasteiger partial charge in [0.05, 0.1) is 11.7 Å². The van der Waals surface area contributed by atoms with Crippen molar-refractivity contribution in [1.29, 1.82) is 0 Å². The van der Waals surface area contributed by atoms with Crippen LogP contribution in [-0.4, -0.2) is 19.5 Å². The fraction of sp³-hybridized carbons (Fsp3) is 0.0256. The third-order valence-electron chi connectivity index (χ3n) is 18.4. The molecule has 428 valence electrons. The molecule has 17 rings (SSSR count). The number of halogens is 4. The maximum Gasteiger partial charge on any atom is 0.252 e. The van der Waals surface area contributed by atoms with Gasteiger partial charge in [-0.25, -0.2) is 17.6 Å². The van der Waals surface area contributed by atoms with E-state index in [-0.39, 0.29) is 11.4 Å². The molecule has 0 N–H and O–H groups in total. The smallest absolute Gasteiger partial charge is 0.252 e. The summed E-state index contributed by atoms with van der Waals surface area (Å²) in [6.07, 6.45) is 4.41. The Kier molecular flexibility index (Phi) is 12.5. The van der Waals surface area contributed by atoms with Crippen molar-refractivity contribution in [2.75, 3.05) is 29.4 Å². The van der Waals surface area contributed by atoms with E-state index >= 15 is 17.6 Å². The van der Waals surface area contributed by atoms with Crippen LogP contribution in [0.3, 0.4) is 0 Å². The van der Waals surface area contributed by atoms with Crippen LogP contribution < -0.4 is 56.7 Å². The van der Waals surface area contributed by atoms with Gasteiger partial charge in [0.1, 0.15) is 34.6 Å². The SMILES string of the molecule is Fc1cccc(F)c1N1C2=CC(N(c3ccccc3)c3ccccc3)=CC3C2B(c2cc4c(cc21)N(c1c(F)cccc1F)c1cc(N(c2ccccc2)c2ccccc2)cc2c1B4c1ccccc1N2c1ccccc1)c1ccccc1N3c1ccccc1. The van der Waals surface area contributed by atoms with Gasteiger partial charge in [-0.3, -0.25) is 0 Å². The Morgan fingerprint density at radius 1 is 0.322 bits per heavy atom. The first-order chi connectivity index (χ1) is 44.4. The predicted molar refractivity (Wildman–Crippen MR) is 362 cm³/mol. The normalized spacial score (nSPS) is 15.6. The fourth-order valence-electron chi connectivity index (χ4n) is 14.9. The molecular formula is C78H52B2F4N6. The summed E-state index contributed by atoms with van der Waals surface area (Å²) in [5.41, 5.74) is 15.5. The molecule has 0 bridgehead atoms. The number of rotatable bonds is 10. The molecule has 4 aliphatic heterocycles. The van der Waals surface area contributed by atoms with E-state index in [2.05, 4.69) is 165 Å². The van der Waals surface area contributed by atoms with Gasteiger partial charge in [-0.15, -0.1) is 0 Å². The molecule has 12 heteroatoms. The maximum absolute atomic E-state index is 17.8. The second kappa shape index (κ2) is 21.3. The van der Waals surface area contributed by atoms with Crippen molar-refractivity contribution in [2.24, 2.45) is 0 Å². The van der Waals surface area contributed by atoms with E-state index in [0.717, 1.165) is 89.9 Å². The van der Waals surface area contributed by atoms with Crippen LogP contribution in [0.1, 0.15) is 0 Å². The summed E-state index contributed by atoms with van der Waals surface area (Å²) in [5.74, 6) is -3.60. The highest BCUT2D eigenvalue weighted by Crippen LogP contribution is 2.55. The zero-order valence-corrected chi connectivity index (χ0v) is 48.4. The molecule has 12 aromatic rings. The van der Waals surface area contributed by atoms with Crippen LogP contribution in [0, 0.1) is 23.3 Å². The Balaban J connectivity index is 1.01. The Morgan fingerprint density at radius 3 is 1.32 bits per heavy atom.